The van der Waals surface area contributed by atoms with E-state index in [0.29, 0.717) is 5.56 Å². The first-order valence-corrected chi connectivity index (χ1v) is 3.47. The van der Waals surface area contributed by atoms with Crippen molar-refractivity contribution in [2.24, 2.45) is 0 Å². The van der Waals surface area contributed by atoms with Gasteiger partial charge in [0.25, 0.3) is 0 Å². The van der Waals surface area contributed by atoms with E-state index in [1.165, 1.54) is 0 Å². The van der Waals surface area contributed by atoms with Crippen molar-refractivity contribution in [2.45, 2.75) is 6.42 Å². The Balaban J connectivity index is 2.73. The molecule has 62 valence electrons. The molecular formula is C9H7FO2. The summed E-state index contributed by atoms with van der Waals surface area (Å²) < 4.78 is 11.8. The number of carbonyl (C=O) groups is 2. The Bertz CT molecular complexity index is 293. The van der Waals surface area contributed by atoms with Crippen LogP contribution in [-0.2, 0) is 4.79 Å². The number of hydrogen-bond donors (Lipinski definition) is 0. The highest BCUT2D eigenvalue weighted by Gasteiger charge is 2.09. The number of Topliss-reactive ketones (excluding diaryl/α,β-unsaturated/α-hetero) is 1. The van der Waals surface area contributed by atoms with Gasteiger partial charge in [-0.25, -0.2) is 0 Å². The van der Waals surface area contributed by atoms with Gasteiger partial charge >= 0.3 is 6.04 Å². The number of benzene rings is 1. The third-order valence-electron chi connectivity index (χ3n) is 1.40. The zero-order valence-electron chi connectivity index (χ0n) is 6.29. The van der Waals surface area contributed by atoms with Gasteiger partial charge < -0.3 is 0 Å². The summed E-state index contributed by atoms with van der Waals surface area (Å²) in [7, 11) is 0. The molecule has 0 aliphatic heterocycles. The Labute approximate surface area is 69.0 Å². The highest BCUT2D eigenvalue weighted by molar-refractivity contribution is 6.05. The Kier molecular flexibility index (Phi) is 2.69. The maximum atomic E-state index is 11.8. The van der Waals surface area contributed by atoms with Gasteiger partial charge in [0.05, 0.1) is 0 Å². The van der Waals surface area contributed by atoms with Crippen molar-refractivity contribution < 1.29 is 14.0 Å². The zero-order chi connectivity index (χ0) is 8.97. The number of rotatable bonds is 3. The highest BCUT2D eigenvalue weighted by Crippen LogP contribution is 2.03. The van der Waals surface area contributed by atoms with E-state index < -0.39 is 18.2 Å². The molecule has 0 fully saturated rings. The molecule has 3 heteroatoms. The van der Waals surface area contributed by atoms with Crippen LogP contribution in [0.15, 0.2) is 30.3 Å². The molecule has 12 heavy (non-hydrogen) atoms. The Morgan fingerprint density at radius 1 is 1.17 bits per heavy atom. The molecule has 1 aromatic rings. The summed E-state index contributed by atoms with van der Waals surface area (Å²) in [6, 6.07) is 6.57. The van der Waals surface area contributed by atoms with Crippen LogP contribution in [0.1, 0.15) is 16.8 Å². The number of hydrogen-bond acceptors (Lipinski definition) is 2. The zero-order valence-corrected chi connectivity index (χ0v) is 6.29. The molecule has 0 aliphatic rings. The minimum Gasteiger partial charge on any atom is -0.294 e. The molecule has 0 atom stereocenters. The van der Waals surface area contributed by atoms with E-state index in [1.54, 1.807) is 30.3 Å². The fourth-order valence-corrected chi connectivity index (χ4v) is 0.852. The molecule has 0 spiro atoms. The van der Waals surface area contributed by atoms with Crippen LogP contribution < -0.4 is 0 Å². The van der Waals surface area contributed by atoms with E-state index in [4.69, 9.17) is 0 Å². The quantitative estimate of drug-likeness (QED) is 0.389. The normalized spacial score (nSPS) is 9.42. The molecule has 1 rings (SSSR count). The van der Waals surface area contributed by atoms with Gasteiger partial charge in [0.1, 0.15) is 6.42 Å². The molecule has 1 aromatic carbocycles. The van der Waals surface area contributed by atoms with Gasteiger partial charge in [0, 0.05) is 5.56 Å². The van der Waals surface area contributed by atoms with Crippen molar-refractivity contribution in [3.63, 3.8) is 0 Å². The molecule has 0 heterocycles. The molecule has 0 amide bonds. The molecule has 2 nitrogen and oxygen atoms in total. The van der Waals surface area contributed by atoms with Crippen LogP contribution in [0.2, 0.25) is 0 Å². The Morgan fingerprint density at radius 3 is 2.25 bits per heavy atom. The average Bonchev–Trinajstić information content (AvgIpc) is 2.05. The molecule has 0 aromatic heterocycles. The summed E-state index contributed by atoms with van der Waals surface area (Å²) in [4.78, 5) is 20.9. The van der Waals surface area contributed by atoms with Gasteiger partial charge in [-0.15, -0.1) is 0 Å². The van der Waals surface area contributed by atoms with Crippen LogP contribution in [0.5, 0.6) is 0 Å². The van der Waals surface area contributed by atoms with Gasteiger partial charge in [0.2, 0.25) is 0 Å². The fourth-order valence-electron chi connectivity index (χ4n) is 0.852. The molecule has 0 radical (unpaired) electrons. The van der Waals surface area contributed by atoms with Crippen molar-refractivity contribution >= 4 is 11.8 Å². The van der Waals surface area contributed by atoms with Crippen LogP contribution in [0, 0.1) is 0 Å². The van der Waals surface area contributed by atoms with Gasteiger partial charge in [-0.2, -0.15) is 4.39 Å². The van der Waals surface area contributed by atoms with E-state index in [1.807, 2.05) is 0 Å². The van der Waals surface area contributed by atoms with Crippen LogP contribution in [0.25, 0.3) is 0 Å². The van der Waals surface area contributed by atoms with Gasteiger partial charge in [-0.1, -0.05) is 30.3 Å². The minimum atomic E-state index is -1.59. The first kappa shape index (κ1) is 8.59. The van der Waals surface area contributed by atoms with E-state index in [2.05, 4.69) is 0 Å². The predicted octanol–water partition coefficient (Wildman–Crippen LogP) is 1.76. The molecule has 0 unspecified atom stereocenters. The van der Waals surface area contributed by atoms with E-state index in [9.17, 15) is 14.0 Å². The molecule has 0 N–H and O–H groups in total. The maximum absolute atomic E-state index is 11.8. The van der Waals surface area contributed by atoms with E-state index in [-0.39, 0.29) is 0 Å². The van der Waals surface area contributed by atoms with Crippen LogP contribution in [0.3, 0.4) is 0 Å². The summed E-state index contributed by atoms with van der Waals surface area (Å²) in [6.45, 7) is 0. The summed E-state index contributed by atoms with van der Waals surface area (Å²) in [6.07, 6.45) is -0.663. The minimum absolute atomic E-state index is 0.364. The van der Waals surface area contributed by atoms with Crippen LogP contribution in [-0.4, -0.2) is 11.8 Å². The second-order valence-electron chi connectivity index (χ2n) is 2.32. The number of carbonyl (C=O) groups excluding carboxylic acids is 2. The van der Waals surface area contributed by atoms with E-state index in [0.717, 1.165) is 0 Å². The summed E-state index contributed by atoms with van der Waals surface area (Å²) in [5.74, 6) is -0.483. The van der Waals surface area contributed by atoms with Crippen molar-refractivity contribution in [1.29, 1.82) is 0 Å². The number of ketones is 1. The van der Waals surface area contributed by atoms with Crippen LogP contribution >= 0.6 is 0 Å². The third-order valence-corrected chi connectivity index (χ3v) is 1.40. The topological polar surface area (TPSA) is 34.1 Å². The van der Waals surface area contributed by atoms with Crippen LogP contribution in [0.4, 0.5) is 4.39 Å². The predicted molar refractivity (Wildman–Crippen MR) is 41.5 cm³/mol. The fraction of sp³-hybridized carbons (Fsp3) is 0.111. The highest BCUT2D eigenvalue weighted by atomic mass is 19.1. The lowest BCUT2D eigenvalue weighted by Crippen LogP contribution is -2.03. The first-order chi connectivity index (χ1) is 5.70. The van der Waals surface area contributed by atoms with Crippen molar-refractivity contribution in [3.8, 4) is 0 Å². The van der Waals surface area contributed by atoms with Gasteiger partial charge in [-0.3, -0.25) is 9.59 Å². The standard InChI is InChI=1S/C9H7FO2/c10-9(12)6-8(11)7-4-2-1-3-5-7/h1-5H,6H2. The lowest BCUT2D eigenvalue weighted by atomic mass is 10.1. The van der Waals surface area contributed by atoms with Gasteiger partial charge in [0.15, 0.2) is 5.78 Å². The smallest absolute Gasteiger partial charge is 0.294 e. The summed E-state index contributed by atoms with van der Waals surface area (Å²) >= 11 is 0. The lowest BCUT2D eigenvalue weighted by Gasteiger charge is -1.94. The first-order valence-electron chi connectivity index (χ1n) is 3.47. The van der Waals surface area contributed by atoms with Crippen molar-refractivity contribution in [2.75, 3.05) is 0 Å². The largest absolute Gasteiger partial charge is 0.309 e. The third kappa shape index (κ3) is 2.27. The van der Waals surface area contributed by atoms with E-state index >= 15 is 0 Å². The second-order valence-corrected chi connectivity index (χ2v) is 2.32. The van der Waals surface area contributed by atoms with Crippen molar-refractivity contribution in [1.82, 2.24) is 0 Å². The Hall–Kier alpha value is -1.51. The molecule has 0 aliphatic carbocycles. The number of halogens is 1. The molecule has 0 saturated heterocycles. The maximum Gasteiger partial charge on any atom is 0.309 e. The van der Waals surface area contributed by atoms with Gasteiger partial charge in [-0.05, 0) is 0 Å². The molecule has 0 saturated carbocycles. The Morgan fingerprint density at radius 2 is 1.75 bits per heavy atom. The monoisotopic (exact) mass is 166 g/mol. The SMILES string of the molecule is O=C(F)CC(=O)c1ccccc1. The average molecular weight is 166 g/mol. The summed E-state index contributed by atoms with van der Waals surface area (Å²) in [5, 5.41) is 0. The molecular weight excluding hydrogens is 159 g/mol. The summed E-state index contributed by atoms with van der Waals surface area (Å²) in [5.41, 5.74) is 0.364. The lowest BCUT2D eigenvalue weighted by molar-refractivity contribution is -0.128. The van der Waals surface area contributed by atoms with Crippen molar-refractivity contribution in [3.05, 3.63) is 35.9 Å². The second kappa shape index (κ2) is 3.76. The molecule has 0 bridgehead atoms.